The molecule has 3 N–H and O–H groups in total. The largest absolute Gasteiger partial charge is 0.338 e. The van der Waals surface area contributed by atoms with Crippen LogP contribution in [0.2, 0.25) is 0 Å². The Hall–Kier alpha value is -1.62. The topological polar surface area (TPSA) is 71.2 Å². The molecular formula is C15H24N4O. The fourth-order valence-electron chi connectivity index (χ4n) is 2.73. The van der Waals surface area contributed by atoms with E-state index in [1.807, 2.05) is 11.0 Å². The Kier molecular flexibility index (Phi) is 4.95. The first-order chi connectivity index (χ1) is 9.63. The van der Waals surface area contributed by atoms with Crippen LogP contribution in [-0.4, -0.2) is 28.9 Å². The van der Waals surface area contributed by atoms with Gasteiger partial charge < -0.3 is 10.3 Å². The molecule has 0 aliphatic carbocycles. The third-order valence-corrected chi connectivity index (χ3v) is 3.72. The number of rotatable bonds is 4. The van der Waals surface area contributed by atoms with Gasteiger partial charge in [-0.05, 0) is 37.3 Å². The minimum Gasteiger partial charge on any atom is -0.338 e. The number of aromatic nitrogens is 1. The number of nitrogens with one attached hydrogen (secondary N) is 1. The number of nitrogens with zero attached hydrogens (tertiary/aromatic N) is 2. The molecule has 1 amide bonds. The summed E-state index contributed by atoms with van der Waals surface area (Å²) in [4.78, 5) is 18.9. The van der Waals surface area contributed by atoms with Crippen LogP contribution in [0.5, 0.6) is 0 Å². The highest BCUT2D eigenvalue weighted by Crippen LogP contribution is 2.19. The van der Waals surface area contributed by atoms with Gasteiger partial charge in [0, 0.05) is 24.3 Å². The van der Waals surface area contributed by atoms with Crippen molar-refractivity contribution >= 4 is 11.7 Å². The molecule has 1 aliphatic rings. The molecule has 1 aliphatic heterocycles. The van der Waals surface area contributed by atoms with Gasteiger partial charge in [-0.25, -0.2) is 10.8 Å². The van der Waals surface area contributed by atoms with Crippen molar-refractivity contribution in [3.63, 3.8) is 0 Å². The van der Waals surface area contributed by atoms with Gasteiger partial charge in [0.1, 0.15) is 5.82 Å². The summed E-state index contributed by atoms with van der Waals surface area (Å²) in [5.41, 5.74) is 4.15. The highest BCUT2D eigenvalue weighted by molar-refractivity contribution is 5.95. The molecule has 1 aromatic heterocycles. The second-order valence-electron chi connectivity index (χ2n) is 5.63. The lowest BCUT2D eigenvalue weighted by Crippen LogP contribution is -2.39. The molecular weight excluding hydrogens is 252 g/mol. The molecule has 1 atom stereocenters. The molecule has 0 radical (unpaired) electrons. The fourth-order valence-corrected chi connectivity index (χ4v) is 2.73. The van der Waals surface area contributed by atoms with Crippen LogP contribution in [0.25, 0.3) is 0 Å². The number of anilines is 1. The predicted molar refractivity (Wildman–Crippen MR) is 80.3 cm³/mol. The van der Waals surface area contributed by atoms with Crippen LogP contribution < -0.4 is 11.3 Å². The van der Waals surface area contributed by atoms with Crippen LogP contribution in [0.1, 0.15) is 49.2 Å². The number of nitrogens with two attached hydrogens (primary N) is 1. The zero-order chi connectivity index (χ0) is 14.5. The molecule has 0 saturated carbocycles. The number of nitrogen functional groups attached to an aromatic ring is 1. The molecule has 110 valence electrons. The fraction of sp³-hybridized carbons (Fsp3) is 0.600. The first-order valence-corrected chi connectivity index (χ1v) is 7.41. The van der Waals surface area contributed by atoms with Crippen molar-refractivity contribution in [1.29, 1.82) is 0 Å². The SMILES string of the molecule is CCCc1cc(C(=O)N2CCCC(C)C2)cc(NN)n1. The Labute approximate surface area is 120 Å². The van der Waals surface area contributed by atoms with Crippen molar-refractivity contribution in [2.75, 3.05) is 18.5 Å². The zero-order valence-corrected chi connectivity index (χ0v) is 12.4. The van der Waals surface area contributed by atoms with E-state index in [1.54, 1.807) is 6.07 Å². The first kappa shape index (κ1) is 14.8. The highest BCUT2D eigenvalue weighted by Gasteiger charge is 2.22. The van der Waals surface area contributed by atoms with E-state index < -0.39 is 0 Å². The molecule has 5 heteroatoms. The van der Waals surface area contributed by atoms with Crippen LogP contribution in [0.15, 0.2) is 12.1 Å². The Morgan fingerprint density at radius 1 is 1.55 bits per heavy atom. The normalized spacial score (nSPS) is 18.9. The van der Waals surface area contributed by atoms with Gasteiger partial charge in [0.15, 0.2) is 0 Å². The molecule has 1 aromatic rings. The maximum Gasteiger partial charge on any atom is 0.254 e. The van der Waals surface area contributed by atoms with Crippen molar-refractivity contribution < 1.29 is 4.79 Å². The van der Waals surface area contributed by atoms with E-state index in [9.17, 15) is 4.79 Å². The number of aryl methyl sites for hydroxylation is 1. The number of hydrazine groups is 1. The number of carbonyl (C=O) groups excluding carboxylic acids is 1. The quantitative estimate of drug-likeness (QED) is 0.653. The Bertz CT molecular complexity index is 475. The molecule has 1 saturated heterocycles. The number of pyridine rings is 1. The molecule has 0 aromatic carbocycles. The molecule has 2 rings (SSSR count). The molecule has 0 bridgehead atoms. The maximum atomic E-state index is 12.6. The van der Waals surface area contributed by atoms with Gasteiger partial charge in [-0.2, -0.15) is 0 Å². The van der Waals surface area contributed by atoms with Crippen molar-refractivity contribution in [2.45, 2.75) is 39.5 Å². The van der Waals surface area contributed by atoms with Gasteiger partial charge in [0.25, 0.3) is 5.91 Å². The van der Waals surface area contributed by atoms with Crippen molar-refractivity contribution in [1.82, 2.24) is 9.88 Å². The van der Waals surface area contributed by atoms with E-state index >= 15 is 0 Å². The van der Waals surface area contributed by atoms with Crippen LogP contribution in [-0.2, 0) is 6.42 Å². The Balaban J connectivity index is 2.21. The lowest BCUT2D eigenvalue weighted by molar-refractivity contribution is 0.0683. The number of hydrogen-bond donors (Lipinski definition) is 2. The average Bonchev–Trinajstić information content (AvgIpc) is 2.46. The molecule has 1 fully saturated rings. The molecule has 2 heterocycles. The molecule has 20 heavy (non-hydrogen) atoms. The van der Waals surface area contributed by atoms with E-state index in [1.165, 1.54) is 6.42 Å². The van der Waals surface area contributed by atoms with E-state index in [0.717, 1.165) is 38.0 Å². The van der Waals surface area contributed by atoms with Gasteiger partial charge in [0.05, 0.1) is 0 Å². The van der Waals surface area contributed by atoms with Crippen LogP contribution in [0.4, 0.5) is 5.82 Å². The third-order valence-electron chi connectivity index (χ3n) is 3.72. The van der Waals surface area contributed by atoms with E-state index in [2.05, 4.69) is 24.3 Å². The van der Waals surface area contributed by atoms with Gasteiger partial charge in [0.2, 0.25) is 0 Å². The minimum absolute atomic E-state index is 0.0906. The monoisotopic (exact) mass is 276 g/mol. The van der Waals surface area contributed by atoms with Gasteiger partial charge in [-0.1, -0.05) is 20.3 Å². The lowest BCUT2D eigenvalue weighted by Gasteiger charge is -2.31. The molecule has 1 unspecified atom stereocenters. The maximum absolute atomic E-state index is 12.6. The summed E-state index contributed by atoms with van der Waals surface area (Å²) in [6.07, 6.45) is 4.14. The number of likely N-dealkylation sites (tertiary alicyclic amines) is 1. The Morgan fingerprint density at radius 2 is 2.35 bits per heavy atom. The number of amides is 1. The average molecular weight is 276 g/mol. The summed E-state index contributed by atoms with van der Waals surface area (Å²) in [6.45, 7) is 5.98. The minimum atomic E-state index is 0.0906. The van der Waals surface area contributed by atoms with E-state index in [4.69, 9.17) is 5.84 Å². The van der Waals surface area contributed by atoms with Gasteiger partial charge in [-0.15, -0.1) is 0 Å². The number of carbonyl (C=O) groups is 1. The first-order valence-electron chi connectivity index (χ1n) is 7.41. The highest BCUT2D eigenvalue weighted by atomic mass is 16.2. The molecule has 0 spiro atoms. The molecule has 5 nitrogen and oxygen atoms in total. The number of piperidine rings is 1. The lowest BCUT2D eigenvalue weighted by atomic mass is 9.99. The van der Waals surface area contributed by atoms with E-state index in [-0.39, 0.29) is 5.91 Å². The van der Waals surface area contributed by atoms with E-state index in [0.29, 0.717) is 17.3 Å². The Morgan fingerprint density at radius 3 is 3.00 bits per heavy atom. The summed E-state index contributed by atoms with van der Waals surface area (Å²) in [5.74, 6) is 6.68. The summed E-state index contributed by atoms with van der Waals surface area (Å²) in [6, 6.07) is 3.63. The van der Waals surface area contributed by atoms with Gasteiger partial charge in [-0.3, -0.25) is 4.79 Å². The second-order valence-corrected chi connectivity index (χ2v) is 5.63. The standard InChI is InChI=1S/C15H24N4O/c1-3-5-13-8-12(9-14(17-13)18-16)15(20)19-7-4-6-11(2)10-19/h8-9,11H,3-7,10,16H2,1-2H3,(H,17,18). The van der Waals surface area contributed by atoms with Crippen molar-refractivity contribution in [3.05, 3.63) is 23.4 Å². The number of hydrogen-bond acceptors (Lipinski definition) is 4. The second kappa shape index (κ2) is 6.70. The summed E-state index contributed by atoms with van der Waals surface area (Å²) < 4.78 is 0. The summed E-state index contributed by atoms with van der Waals surface area (Å²) in [7, 11) is 0. The van der Waals surface area contributed by atoms with Crippen LogP contribution in [0, 0.1) is 5.92 Å². The summed E-state index contributed by atoms with van der Waals surface area (Å²) >= 11 is 0. The van der Waals surface area contributed by atoms with Gasteiger partial charge >= 0.3 is 0 Å². The van der Waals surface area contributed by atoms with Crippen LogP contribution >= 0.6 is 0 Å². The van der Waals surface area contributed by atoms with Crippen molar-refractivity contribution in [3.8, 4) is 0 Å². The third kappa shape index (κ3) is 3.48. The summed E-state index contributed by atoms with van der Waals surface area (Å²) in [5, 5.41) is 0. The van der Waals surface area contributed by atoms with Crippen LogP contribution in [0.3, 0.4) is 0 Å². The predicted octanol–water partition coefficient (Wildman–Crippen LogP) is 2.19. The zero-order valence-electron chi connectivity index (χ0n) is 12.4. The van der Waals surface area contributed by atoms with Crippen molar-refractivity contribution in [2.24, 2.45) is 11.8 Å². The smallest absolute Gasteiger partial charge is 0.254 e.